The zero-order valence-corrected chi connectivity index (χ0v) is 47.1. The Morgan fingerprint density at radius 1 is 0.288 bits per heavy atom. The Labute approximate surface area is 449 Å². The summed E-state index contributed by atoms with van der Waals surface area (Å²) in [5.41, 5.74) is 0. The lowest BCUT2D eigenvalue weighted by atomic mass is 10.1. The molecule has 0 aromatic heterocycles. The summed E-state index contributed by atoms with van der Waals surface area (Å²) in [4.78, 5) is 38.0. The van der Waals surface area contributed by atoms with Gasteiger partial charge in [0, 0.05) is 19.3 Å². The molecular weight excluding hydrogens is 901 g/mol. The van der Waals surface area contributed by atoms with E-state index in [-0.39, 0.29) is 37.5 Å². The van der Waals surface area contributed by atoms with Gasteiger partial charge in [-0.25, -0.2) is 0 Å². The normalized spacial score (nSPS) is 13.1. The Bertz CT molecular complexity index is 1580. The van der Waals surface area contributed by atoms with Crippen LogP contribution in [0.15, 0.2) is 134 Å². The largest absolute Gasteiger partial charge is 0.462 e. The summed E-state index contributed by atoms with van der Waals surface area (Å²) in [5, 5.41) is 0. The number of rotatable bonds is 52. The number of hydrogen-bond acceptors (Lipinski definition) is 6. The molecule has 0 radical (unpaired) electrons. The van der Waals surface area contributed by atoms with Gasteiger partial charge in [-0.15, -0.1) is 0 Å². The van der Waals surface area contributed by atoms with Crippen molar-refractivity contribution in [3.8, 4) is 0 Å². The van der Waals surface area contributed by atoms with E-state index in [2.05, 4.69) is 154 Å². The summed E-state index contributed by atoms with van der Waals surface area (Å²) < 4.78 is 16.7. The first-order valence-electron chi connectivity index (χ1n) is 29.7. The molecule has 0 aromatic rings. The van der Waals surface area contributed by atoms with Gasteiger partial charge < -0.3 is 14.2 Å². The maximum absolute atomic E-state index is 12.8. The third kappa shape index (κ3) is 58.3. The maximum Gasteiger partial charge on any atom is 0.306 e. The van der Waals surface area contributed by atoms with Crippen LogP contribution in [0.3, 0.4) is 0 Å². The highest BCUT2D eigenvalue weighted by Gasteiger charge is 2.19. The van der Waals surface area contributed by atoms with Gasteiger partial charge in [0.05, 0.1) is 0 Å². The summed E-state index contributed by atoms with van der Waals surface area (Å²) in [6.45, 7) is 6.40. The molecule has 0 N–H and O–H groups in total. The number of carbonyl (C=O) groups excluding carboxylic acids is 3. The molecule has 0 heterocycles. The first-order chi connectivity index (χ1) is 36.0. The molecule has 0 saturated heterocycles. The topological polar surface area (TPSA) is 78.9 Å². The maximum atomic E-state index is 12.8. The van der Waals surface area contributed by atoms with E-state index >= 15 is 0 Å². The molecule has 6 heteroatoms. The van der Waals surface area contributed by atoms with Crippen LogP contribution in [-0.4, -0.2) is 37.2 Å². The molecule has 412 valence electrons. The second-order valence-electron chi connectivity index (χ2n) is 19.2. The van der Waals surface area contributed by atoms with Crippen LogP contribution in [0, 0.1) is 0 Å². The van der Waals surface area contributed by atoms with E-state index in [4.69, 9.17) is 14.2 Å². The fourth-order valence-corrected chi connectivity index (χ4v) is 7.71. The van der Waals surface area contributed by atoms with Gasteiger partial charge in [0.15, 0.2) is 6.10 Å². The van der Waals surface area contributed by atoms with Gasteiger partial charge in [0.1, 0.15) is 13.2 Å². The quantitative estimate of drug-likeness (QED) is 0.0261. The molecule has 0 amide bonds. The van der Waals surface area contributed by atoms with Crippen molar-refractivity contribution in [3.63, 3.8) is 0 Å². The van der Waals surface area contributed by atoms with Crippen molar-refractivity contribution < 1.29 is 28.6 Å². The summed E-state index contributed by atoms with van der Waals surface area (Å²) in [6, 6.07) is 0. The van der Waals surface area contributed by atoms with Gasteiger partial charge in [0.25, 0.3) is 0 Å². The fraction of sp³-hybridized carbons (Fsp3) is 0.627. The molecule has 1 atom stereocenters. The molecule has 0 rings (SSSR count). The molecule has 0 saturated carbocycles. The zero-order chi connectivity index (χ0) is 52.9. The standard InChI is InChI=1S/C67H108O6/c1-4-7-10-13-16-18-20-22-24-26-28-29-30-31-32-33-34-35-36-37-39-40-42-44-46-48-51-54-57-60-66(69)72-63-64(62-71-65(68)59-56-53-50-15-12-9-6-3)73-67(70)61-58-55-52-49-47-45-43-41-38-27-25-23-21-19-17-14-11-8-5-2/h7,10,16-19,22-25,28-29,31-32,34-35,37,39,42,44,48,51,64H,4-6,8-9,11-15,20-21,26-27,30,33,36,38,40-41,43,45-47,49-50,52-63H2,1-3H3/b10-7-,18-16-,19-17-,24-22-,25-23-,29-28-,32-31-,35-34-,39-37-,44-42-,51-48-. The predicted octanol–water partition coefficient (Wildman–Crippen LogP) is 20.2. The lowest BCUT2D eigenvalue weighted by molar-refractivity contribution is -0.167. The van der Waals surface area contributed by atoms with Crippen LogP contribution in [0.1, 0.15) is 252 Å². The third-order valence-corrected chi connectivity index (χ3v) is 12.1. The molecule has 0 aliphatic rings. The SMILES string of the molecule is CC/C=C\C/C=C\C/C=C\C/C=C\C/C=C\C/C=C\C/C=C\C/C=C\C/C=C\CCCC(=O)OCC(COC(=O)CCCCCCCCC)OC(=O)CCCCCCCCCCC/C=C\C/C=C\CCCCC. The lowest BCUT2D eigenvalue weighted by Gasteiger charge is -2.18. The van der Waals surface area contributed by atoms with Crippen molar-refractivity contribution >= 4 is 17.9 Å². The van der Waals surface area contributed by atoms with Crippen molar-refractivity contribution in [3.05, 3.63) is 134 Å². The van der Waals surface area contributed by atoms with E-state index < -0.39 is 6.10 Å². The third-order valence-electron chi connectivity index (χ3n) is 12.1. The van der Waals surface area contributed by atoms with Crippen LogP contribution in [0.4, 0.5) is 0 Å². The average molecular weight is 1010 g/mol. The number of allylic oxidation sites excluding steroid dienone is 22. The first-order valence-corrected chi connectivity index (χ1v) is 29.7. The fourth-order valence-electron chi connectivity index (χ4n) is 7.71. The second-order valence-corrected chi connectivity index (χ2v) is 19.2. The highest BCUT2D eigenvalue weighted by atomic mass is 16.6. The summed E-state index contributed by atoms with van der Waals surface area (Å²) in [5.74, 6) is -0.977. The van der Waals surface area contributed by atoms with E-state index in [1.165, 1.54) is 96.3 Å². The highest BCUT2D eigenvalue weighted by molar-refractivity contribution is 5.71. The predicted molar refractivity (Wildman–Crippen MR) is 316 cm³/mol. The van der Waals surface area contributed by atoms with Crippen LogP contribution in [0.5, 0.6) is 0 Å². The molecule has 1 unspecified atom stereocenters. The van der Waals surface area contributed by atoms with Crippen molar-refractivity contribution in [2.45, 2.75) is 258 Å². The molecule has 0 bridgehead atoms. The van der Waals surface area contributed by atoms with Gasteiger partial charge in [-0.3, -0.25) is 14.4 Å². The van der Waals surface area contributed by atoms with Gasteiger partial charge >= 0.3 is 17.9 Å². The van der Waals surface area contributed by atoms with Crippen molar-refractivity contribution in [2.24, 2.45) is 0 Å². The number of ether oxygens (including phenoxy) is 3. The van der Waals surface area contributed by atoms with Gasteiger partial charge in [-0.05, 0) is 116 Å². The Hall–Kier alpha value is -4.45. The number of carbonyl (C=O) groups is 3. The van der Waals surface area contributed by atoms with Gasteiger partial charge in [0.2, 0.25) is 0 Å². The molecule has 0 aliphatic heterocycles. The minimum Gasteiger partial charge on any atom is -0.462 e. The van der Waals surface area contributed by atoms with Crippen LogP contribution >= 0.6 is 0 Å². The van der Waals surface area contributed by atoms with Gasteiger partial charge in [-0.1, -0.05) is 251 Å². The number of esters is 3. The molecule has 0 aromatic carbocycles. The minimum atomic E-state index is -0.805. The Balaban J connectivity index is 4.32. The zero-order valence-electron chi connectivity index (χ0n) is 47.1. The Morgan fingerprint density at radius 3 is 0.918 bits per heavy atom. The van der Waals surface area contributed by atoms with E-state index in [0.717, 1.165) is 109 Å². The van der Waals surface area contributed by atoms with E-state index in [1.807, 2.05) is 0 Å². The van der Waals surface area contributed by atoms with Crippen LogP contribution in [0.25, 0.3) is 0 Å². The lowest BCUT2D eigenvalue weighted by Crippen LogP contribution is -2.30. The molecule has 73 heavy (non-hydrogen) atoms. The molecule has 0 aliphatic carbocycles. The number of unbranched alkanes of at least 4 members (excludes halogenated alkanes) is 19. The minimum absolute atomic E-state index is 0.100. The van der Waals surface area contributed by atoms with Crippen LogP contribution in [0.2, 0.25) is 0 Å². The summed E-state index contributed by atoms with van der Waals surface area (Å²) >= 11 is 0. The van der Waals surface area contributed by atoms with Crippen molar-refractivity contribution in [1.82, 2.24) is 0 Å². The van der Waals surface area contributed by atoms with Crippen LogP contribution < -0.4 is 0 Å². The van der Waals surface area contributed by atoms with Gasteiger partial charge in [-0.2, -0.15) is 0 Å². The second kappa shape index (κ2) is 60.1. The number of hydrogen-bond donors (Lipinski definition) is 0. The molecule has 6 nitrogen and oxygen atoms in total. The van der Waals surface area contributed by atoms with Crippen molar-refractivity contribution in [1.29, 1.82) is 0 Å². The van der Waals surface area contributed by atoms with Crippen LogP contribution in [-0.2, 0) is 28.6 Å². The Morgan fingerprint density at radius 2 is 0.548 bits per heavy atom. The smallest absolute Gasteiger partial charge is 0.306 e. The monoisotopic (exact) mass is 1010 g/mol. The Kier molecular flexibility index (Phi) is 56.4. The van der Waals surface area contributed by atoms with E-state index in [1.54, 1.807) is 0 Å². The molecule has 0 fully saturated rings. The van der Waals surface area contributed by atoms with E-state index in [9.17, 15) is 14.4 Å². The van der Waals surface area contributed by atoms with E-state index in [0.29, 0.717) is 19.3 Å². The molecule has 0 spiro atoms. The van der Waals surface area contributed by atoms with Crippen molar-refractivity contribution in [2.75, 3.05) is 13.2 Å². The summed E-state index contributed by atoms with van der Waals surface area (Å²) in [6.07, 6.45) is 84.7. The summed E-state index contributed by atoms with van der Waals surface area (Å²) in [7, 11) is 0. The molecular formula is C67H108O6. The highest BCUT2D eigenvalue weighted by Crippen LogP contribution is 2.14. The first kappa shape index (κ1) is 68.6. The average Bonchev–Trinajstić information content (AvgIpc) is 3.39.